The number of hydrogen-bond acceptors (Lipinski definition) is 3. The minimum absolute atomic E-state index is 0.126. The molecule has 0 fully saturated rings. The average Bonchev–Trinajstić information content (AvgIpc) is 2.52. The molecule has 0 aliphatic rings. The van der Waals surface area contributed by atoms with Crippen molar-refractivity contribution in [2.75, 3.05) is 7.11 Å². The summed E-state index contributed by atoms with van der Waals surface area (Å²) in [7, 11) is 1.62. The third kappa shape index (κ3) is 3.80. The summed E-state index contributed by atoms with van der Waals surface area (Å²) in [5.41, 5.74) is 4.43. The Kier molecular flexibility index (Phi) is 5.70. The van der Waals surface area contributed by atoms with Gasteiger partial charge in [0.25, 0.3) is 0 Å². The number of rotatable bonds is 6. The van der Waals surface area contributed by atoms with Gasteiger partial charge in [-0.15, -0.1) is 0 Å². The Hall–Kier alpha value is -1.46. The van der Waals surface area contributed by atoms with Crippen molar-refractivity contribution >= 4 is 11.6 Å². The normalized spacial score (nSPS) is 13.9. The van der Waals surface area contributed by atoms with Crippen LogP contribution in [0.5, 0.6) is 0 Å². The molecule has 0 amide bonds. The van der Waals surface area contributed by atoms with Gasteiger partial charge in [0.1, 0.15) is 5.82 Å². The molecule has 0 radical (unpaired) electrons. The van der Waals surface area contributed by atoms with Gasteiger partial charge in [-0.25, -0.2) is 4.39 Å². The smallest absolute Gasteiger partial charge is 0.142 e. The summed E-state index contributed by atoms with van der Waals surface area (Å²) in [6.07, 6.45) is 0.205. The minimum atomic E-state index is -0.432. The topological polar surface area (TPSA) is 47.3 Å². The van der Waals surface area contributed by atoms with Crippen molar-refractivity contribution < 1.29 is 9.13 Å². The van der Waals surface area contributed by atoms with Crippen molar-refractivity contribution in [3.8, 4) is 0 Å². The Bertz CT molecular complexity index is 580. The number of benzene rings is 2. The molecular weight excluding hydrogens is 291 g/mol. The second-order valence-corrected chi connectivity index (χ2v) is 5.14. The Morgan fingerprint density at radius 1 is 1.19 bits per heavy atom. The Labute approximate surface area is 128 Å². The monoisotopic (exact) mass is 308 g/mol. The summed E-state index contributed by atoms with van der Waals surface area (Å²) < 4.78 is 19.1. The second kappa shape index (κ2) is 7.52. The molecule has 5 heteroatoms. The molecule has 2 rings (SSSR count). The molecule has 0 saturated carbocycles. The van der Waals surface area contributed by atoms with Crippen LogP contribution in [0.1, 0.15) is 17.2 Å². The van der Waals surface area contributed by atoms with Gasteiger partial charge in [0, 0.05) is 7.11 Å². The summed E-state index contributed by atoms with van der Waals surface area (Å²) >= 11 is 6.00. The van der Waals surface area contributed by atoms with E-state index in [2.05, 4.69) is 5.43 Å². The quantitative estimate of drug-likeness (QED) is 0.636. The molecular formula is C16H18ClFN2O. The van der Waals surface area contributed by atoms with Crippen molar-refractivity contribution in [2.24, 2.45) is 5.84 Å². The van der Waals surface area contributed by atoms with Gasteiger partial charge in [-0.2, -0.15) is 0 Å². The highest BCUT2D eigenvalue weighted by Crippen LogP contribution is 2.26. The molecule has 0 aromatic heterocycles. The van der Waals surface area contributed by atoms with Gasteiger partial charge in [0.05, 0.1) is 17.2 Å². The van der Waals surface area contributed by atoms with Gasteiger partial charge in [-0.1, -0.05) is 54.1 Å². The summed E-state index contributed by atoms with van der Waals surface area (Å²) in [6, 6.07) is 14.3. The number of nitrogens with one attached hydrogen (secondary N) is 1. The van der Waals surface area contributed by atoms with Crippen molar-refractivity contribution in [3.63, 3.8) is 0 Å². The fourth-order valence-corrected chi connectivity index (χ4v) is 2.57. The van der Waals surface area contributed by atoms with Crippen molar-refractivity contribution in [1.29, 1.82) is 0 Å². The molecule has 21 heavy (non-hydrogen) atoms. The van der Waals surface area contributed by atoms with Crippen LogP contribution in [-0.2, 0) is 11.2 Å². The molecule has 3 N–H and O–H groups in total. The van der Waals surface area contributed by atoms with E-state index in [0.717, 1.165) is 5.56 Å². The Balaban J connectivity index is 2.24. The molecule has 0 bridgehead atoms. The van der Waals surface area contributed by atoms with Crippen LogP contribution in [0.4, 0.5) is 4.39 Å². The number of nitrogens with two attached hydrogens (primary N) is 1. The highest BCUT2D eigenvalue weighted by molar-refractivity contribution is 6.31. The SMILES string of the molecule is COC(c1ccccc1)C(Cc1cccc(F)c1Cl)NN. The van der Waals surface area contributed by atoms with E-state index in [1.54, 1.807) is 19.2 Å². The Morgan fingerprint density at radius 3 is 2.52 bits per heavy atom. The third-order valence-corrected chi connectivity index (χ3v) is 3.86. The zero-order chi connectivity index (χ0) is 15.2. The van der Waals surface area contributed by atoms with Gasteiger partial charge in [-0.3, -0.25) is 11.3 Å². The predicted octanol–water partition coefficient (Wildman–Crippen LogP) is 3.24. The van der Waals surface area contributed by atoms with Crippen molar-refractivity contribution in [1.82, 2.24) is 5.43 Å². The number of methoxy groups -OCH3 is 1. The molecule has 0 saturated heterocycles. The van der Waals surface area contributed by atoms with Crippen molar-refractivity contribution in [3.05, 3.63) is 70.5 Å². The molecule has 0 aliphatic carbocycles. The van der Waals surface area contributed by atoms with Gasteiger partial charge in [-0.05, 0) is 23.6 Å². The number of hydrogen-bond donors (Lipinski definition) is 2. The standard InChI is InChI=1S/C16H18ClFN2O/c1-21-16(11-6-3-2-4-7-11)14(20-19)10-12-8-5-9-13(18)15(12)17/h2-9,14,16,20H,10,19H2,1H3. The largest absolute Gasteiger partial charge is 0.375 e. The zero-order valence-corrected chi connectivity index (χ0v) is 12.5. The summed E-state index contributed by atoms with van der Waals surface area (Å²) in [5, 5.41) is 0.126. The number of hydrazine groups is 1. The maximum Gasteiger partial charge on any atom is 0.142 e. The van der Waals surface area contributed by atoms with Gasteiger partial charge >= 0.3 is 0 Å². The molecule has 2 aromatic rings. The summed E-state index contributed by atoms with van der Waals surface area (Å²) in [5.74, 6) is 5.22. The number of halogens is 2. The van der Waals surface area contributed by atoms with E-state index in [1.165, 1.54) is 6.07 Å². The maximum atomic E-state index is 13.5. The number of ether oxygens (including phenoxy) is 1. The maximum absolute atomic E-state index is 13.5. The van der Waals surface area contributed by atoms with Crippen LogP contribution in [0, 0.1) is 5.82 Å². The highest BCUT2D eigenvalue weighted by atomic mass is 35.5. The molecule has 112 valence electrons. The lowest BCUT2D eigenvalue weighted by molar-refractivity contribution is 0.0678. The molecule has 3 nitrogen and oxygen atoms in total. The summed E-state index contributed by atoms with van der Waals surface area (Å²) in [4.78, 5) is 0. The van der Waals surface area contributed by atoms with E-state index in [4.69, 9.17) is 22.2 Å². The fourth-order valence-electron chi connectivity index (χ4n) is 2.37. The first kappa shape index (κ1) is 15.9. The van der Waals surface area contributed by atoms with E-state index in [-0.39, 0.29) is 17.2 Å². The molecule has 0 heterocycles. The van der Waals surface area contributed by atoms with E-state index >= 15 is 0 Å². The second-order valence-electron chi connectivity index (χ2n) is 4.76. The summed E-state index contributed by atoms with van der Waals surface area (Å²) in [6.45, 7) is 0. The van der Waals surface area contributed by atoms with Crippen LogP contribution in [0.3, 0.4) is 0 Å². The lowest BCUT2D eigenvalue weighted by Crippen LogP contribution is -2.42. The zero-order valence-electron chi connectivity index (χ0n) is 11.7. The van der Waals surface area contributed by atoms with Crippen LogP contribution in [0.25, 0.3) is 0 Å². The van der Waals surface area contributed by atoms with Crippen LogP contribution in [0.2, 0.25) is 5.02 Å². The highest BCUT2D eigenvalue weighted by Gasteiger charge is 2.23. The van der Waals surface area contributed by atoms with Crippen LogP contribution >= 0.6 is 11.6 Å². The van der Waals surface area contributed by atoms with Crippen LogP contribution in [-0.4, -0.2) is 13.2 Å². The van der Waals surface area contributed by atoms with E-state index in [0.29, 0.717) is 12.0 Å². The Morgan fingerprint density at radius 2 is 1.90 bits per heavy atom. The van der Waals surface area contributed by atoms with Crippen molar-refractivity contribution in [2.45, 2.75) is 18.6 Å². The first-order valence-electron chi connectivity index (χ1n) is 6.64. The lowest BCUT2D eigenvalue weighted by Gasteiger charge is -2.26. The first-order valence-corrected chi connectivity index (χ1v) is 7.02. The minimum Gasteiger partial charge on any atom is -0.375 e. The first-order chi connectivity index (χ1) is 10.2. The molecule has 2 unspecified atom stereocenters. The third-order valence-electron chi connectivity index (χ3n) is 3.43. The molecule has 2 aromatic carbocycles. The van der Waals surface area contributed by atoms with Gasteiger partial charge in [0.15, 0.2) is 0 Å². The van der Waals surface area contributed by atoms with Gasteiger partial charge in [0.2, 0.25) is 0 Å². The molecule has 2 atom stereocenters. The van der Waals surface area contributed by atoms with E-state index in [9.17, 15) is 4.39 Å². The lowest BCUT2D eigenvalue weighted by atomic mass is 9.96. The molecule has 0 spiro atoms. The van der Waals surface area contributed by atoms with Crippen LogP contribution < -0.4 is 11.3 Å². The predicted molar refractivity (Wildman–Crippen MR) is 82.4 cm³/mol. The van der Waals surface area contributed by atoms with Crippen LogP contribution in [0.15, 0.2) is 48.5 Å². The van der Waals surface area contributed by atoms with Gasteiger partial charge < -0.3 is 4.74 Å². The molecule has 0 aliphatic heterocycles. The van der Waals surface area contributed by atoms with E-state index in [1.807, 2.05) is 30.3 Å². The average molecular weight is 309 g/mol. The van der Waals surface area contributed by atoms with E-state index < -0.39 is 5.82 Å². The fraction of sp³-hybridized carbons (Fsp3) is 0.250.